The Labute approximate surface area is 124 Å². The Kier molecular flexibility index (Phi) is 4.43. The van der Waals surface area contributed by atoms with E-state index in [0.29, 0.717) is 6.04 Å². The summed E-state index contributed by atoms with van der Waals surface area (Å²) < 4.78 is 5.44. The van der Waals surface area contributed by atoms with Crippen LogP contribution in [0.15, 0.2) is 11.2 Å². The zero-order chi connectivity index (χ0) is 13.9. The number of hydrogen-bond donors (Lipinski definition) is 0. The molecule has 2 aliphatic heterocycles. The molecule has 0 aliphatic carbocycles. The number of ether oxygens (including phenoxy) is 1. The van der Waals surface area contributed by atoms with Gasteiger partial charge in [-0.1, -0.05) is 11.8 Å². The summed E-state index contributed by atoms with van der Waals surface area (Å²) in [5.74, 6) is 1.08. The zero-order valence-corrected chi connectivity index (χ0v) is 13.0. The predicted molar refractivity (Wildman–Crippen MR) is 81.6 cm³/mol. The van der Waals surface area contributed by atoms with Crippen molar-refractivity contribution in [2.75, 3.05) is 50.5 Å². The molecule has 1 unspecified atom stereocenters. The van der Waals surface area contributed by atoms with Crippen molar-refractivity contribution in [3.8, 4) is 0 Å². The van der Waals surface area contributed by atoms with Crippen LogP contribution in [0.1, 0.15) is 12.1 Å². The average molecular weight is 294 g/mol. The summed E-state index contributed by atoms with van der Waals surface area (Å²) in [7, 11) is 0. The van der Waals surface area contributed by atoms with Crippen molar-refractivity contribution in [3.05, 3.63) is 11.8 Å². The van der Waals surface area contributed by atoms with E-state index in [1.807, 2.05) is 13.2 Å². The van der Waals surface area contributed by atoms with Crippen molar-refractivity contribution in [3.63, 3.8) is 0 Å². The highest BCUT2D eigenvalue weighted by Gasteiger charge is 2.29. The van der Waals surface area contributed by atoms with Gasteiger partial charge in [0.05, 0.1) is 13.2 Å². The highest BCUT2D eigenvalue weighted by atomic mass is 32.2. The molecule has 110 valence electrons. The molecule has 20 heavy (non-hydrogen) atoms. The van der Waals surface area contributed by atoms with Gasteiger partial charge in [-0.3, -0.25) is 4.90 Å². The lowest BCUT2D eigenvalue weighted by molar-refractivity contribution is 0.0209. The van der Waals surface area contributed by atoms with Crippen LogP contribution < -0.4 is 4.90 Å². The molecule has 0 amide bonds. The van der Waals surface area contributed by atoms with E-state index in [4.69, 9.17) is 4.74 Å². The summed E-state index contributed by atoms with van der Waals surface area (Å²) in [6, 6.07) is 2.74. The molecule has 6 heteroatoms. The lowest BCUT2D eigenvalue weighted by Crippen LogP contribution is -2.44. The highest BCUT2D eigenvalue weighted by molar-refractivity contribution is 7.98. The molecule has 1 atom stereocenters. The Balaban J connectivity index is 1.68. The van der Waals surface area contributed by atoms with Crippen LogP contribution in [0.25, 0.3) is 0 Å². The Morgan fingerprint density at radius 3 is 2.80 bits per heavy atom. The van der Waals surface area contributed by atoms with Crippen molar-refractivity contribution in [2.24, 2.45) is 0 Å². The van der Waals surface area contributed by atoms with Crippen molar-refractivity contribution in [1.29, 1.82) is 0 Å². The number of aryl methyl sites for hydroxylation is 1. The highest BCUT2D eigenvalue weighted by Crippen LogP contribution is 2.24. The Hall–Kier alpha value is -0.850. The molecule has 0 spiro atoms. The number of aromatic nitrogens is 2. The molecule has 0 saturated carbocycles. The number of hydrogen-bond acceptors (Lipinski definition) is 6. The number of thioether (sulfide) groups is 1. The SMILES string of the molecule is CSc1nc(C)cc(N2CCC(N3CCOCC3)C2)n1. The molecule has 3 rings (SSSR count). The Morgan fingerprint density at radius 1 is 1.25 bits per heavy atom. The Bertz CT molecular complexity index is 464. The fraction of sp³-hybridized carbons (Fsp3) is 0.714. The number of morpholine rings is 1. The van der Waals surface area contributed by atoms with Crippen LogP contribution in [0, 0.1) is 6.92 Å². The van der Waals surface area contributed by atoms with Crippen LogP contribution in [-0.2, 0) is 4.74 Å². The summed E-state index contributed by atoms with van der Waals surface area (Å²) in [5.41, 5.74) is 1.05. The fourth-order valence-corrected chi connectivity index (χ4v) is 3.39. The summed E-state index contributed by atoms with van der Waals surface area (Å²) in [4.78, 5) is 14.0. The molecular formula is C14H22N4OS. The lowest BCUT2D eigenvalue weighted by atomic mass is 10.2. The second-order valence-corrected chi connectivity index (χ2v) is 6.16. The van der Waals surface area contributed by atoms with Gasteiger partial charge >= 0.3 is 0 Å². The van der Waals surface area contributed by atoms with Gasteiger partial charge in [0.15, 0.2) is 5.16 Å². The van der Waals surface area contributed by atoms with Gasteiger partial charge in [-0.05, 0) is 19.6 Å². The number of rotatable bonds is 3. The molecule has 2 fully saturated rings. The van der Waals surface area contributed by atoms with Gasteiger partial charge in [0.2, 0.25) is 0 Å². The molecule has 2 saturated heterocycles. The summed E-state index contributed by atoms with van der Waals surface area (Å²) in [6.07, 6.45) is 3.25. The maximum Gasteiger partial charge on any atom is 0.189 e. The van der Waals surface area contributed by atoms with E-state index in [1.165, 1.54) is 6.42 Å². The van der Waals surface area contributed by atoms with E-state index in [9.17, 15) is 0 Å². The maximum atomic E-state index is 5.44. The van der Waals surface area contributed by atoms with Crippen molar-refractivity contribution < 1.29 is 4.74 Å². The molecule has 0 radical (unpaired) electrons. The predicted octanol–water partition coefficient (Wildman–Crippen LogP) is 1.42. The van der Waals surface area contributed by atoms with Gasteiger partial charge in [-0.15, -0.1) is 0 Å². The normalized spacial score (nSPS) is 24.3. The molecule has 2 aliphatic rings. The minimum atomic E-state index is 0.645. The molecular weight excluding hydrogens is 272 g/mol. The van der Waals surface area contributed by atoms with Crippen LogP contribution in [0.2, 0.25) is 0 Å². The largest absolute Gasteiger partial charge is 0.379 e. The fourth-order valence-electron chi connectivity index (χ4n) is 2.97. The summed E-state index contributed by atoms with van der Waals surface area (Å²) in [6.45, 7) is 8.09. The average Bonchev–Trinajstić information content (AvgIpc) is 2.97. The number of nitrogens with zero attached hydrogens (tertiary/aromatic N) is 4. The Morgan fingerprint density at radius 2 is 2.05 bits per heavy atom. The third kappa shape index (κ3) is 3.07. The monoisotopic (exact) mass is 294 g/mol. The third-order valence-corrected chi connectivity index (χ3v) is 4.60. The van der Waals surface area contributed by atoms with Gasteiger partial charge in [0.25, 0.3) is 0 Å². The van der Waals surface area contributed by atoms with Crippen LogP contribution in [0.3, 0.4) is 0 Å². The van der Waals surface area contributed by atoms with E-state index < -0.39 is 0 Å². The van der Waals surface area contributed by atoms with Crippen molar-refractivity contribution in [2.45, 2.75) is 24.5 Å². The molecule has 5 nitrogen and oxygen atoms in total. The first-order chi connectivity index (χ1) is 9.76. The van der Waals surface area contributed by atoms with E-state index in [2.05, 4.69) is 25.8 Å². The number of anilines is 1. The molecule has 1 aromatic heterocycles. The topological polar surface area (TPSA) is 41.5 Å². The molecule has 0 N–H and O–H groups in total. The third-order valence-electron chi connectivity index (χ3n) is 4.05. The second kappa shape index (κ2) is 6.28. The zero-order valence-electron chi connectivity index (χ0n) is 12.2. The van der Waals surface area contributed by atoms with Crippen LogP contribution >= 0.6 is 11.8 Å². The van der Waals surface area contributed by atoms with Gasteiger partial charge in [-0.25, -0.2) is 9.97 Å². The van der Waals surface area contributed by atoms with Crippen LogP contribution in [0.5, 0.6) is 0 Å². The summed E-state index contributed by atoms with van der Waals surface area (Å²) in [5, 5.41) is 0.870. The summed E-state index contributed by atoms with van der Waals surface area (Å²) >= 11 is 1.61. The molecule has 3 heterocycles. The van der Waals surface area contributed by atoms with E-state index in [-0.39, 0.29) is 0 Å². The lowest BCUT2D eigenvalue weighted by Gasteiger charge is -2.32. The molecule has 0 aromatic carbocycles. The smallest absolute Gasteiger partial charge is 0.189 e. The molecule has 1 aromatic rings. The van der Waals surface area contributed by atoms with Gasteiger partial charge in [0.1, 0.15) is 5.82 Å². The first-order valence-corrected chi connectivity index (χ1v) is 8.45. The minimum absolute atomic E-state index is 0.645. The quantitative estimate of drug-likeness (QED) is 0.620. The van der Waals surface area contributed by atoms with E-state index >= 15 is 0 Å². The van der Waals surface area contributed by atoms with E-state index in [1.54, 1.807) is 11.8 Å². The first-order valence-electron chi connectivity index (χ1n) is 7.22. The second-order valence-electron chi connectivity index (χ2n) is 5.39. The van der Waals surface area contributed by atoms with E-state index in [0.717, 1.165) is 56.1 Å². The first kappa shape index (κ1) is 14.1. The van der Waals surface area contributed by atoms with Crippen LogP contribution in [0.4, 0.5) is 5.82 Å². The van der Waals surface area contributed by atoms with Crippen molar-refractivity contribution in [1.82, 2.24) is 14.9 Å². The minimum Gasteiger partial charge on any atom is -0.379 e. The van der Waals surface area contributed by atoms with Gasteiger partial charge < -0.3 is 9.64 Å². The van der Waals surface area contributed by atoms with Crippen LogP contribution in [-0.4, -0.2) is 66.6 Å². The van der Waals surface area contributed by atoms with Gasteiger partial charge in [-0.2, -0.15) is 0 Å². The molecule has 0 bridgehead atoms. The van der Waals surface area contributed by atoms with Gasteiger partial charge in [0, 0.05) is 44.0 Å². The standard InChI is InChI=1S/C14H22N4OS/c1-11-9-13(16-14(15-11)20-2)18-4-3-12(10-18)17-5-7-19-8-6-17/h9,12H,3-8,10H2,1-2H3. The van der Waals surface area contributed by atoms with Crippen molar-refractivity contribution >= 4 is 17.6 Å². The maximum absolute atomic E-state index is 5.44.